The summed E-state index contributed by atoms with van der Waals surface area (Å²) in [5.74, 6) is -6.04. The van der Waals surface area contributed by atoms with Crippen molar-refractivity contribution in [1.29, 1.82) is 5.26 Å². The van der Waals surface area contributed by atoms with Crippen LogP contribution in [0.3, 0.4) is 0 Å². The van der Waals surface area contributed by atoms with E-state index in [-0.39, 0.29) is 5.56 Å². The molecule has 92 valence electrons. The molecule has 0 aromatic heterocycles. The molecule has 1 rings (SSSR count). The summed E-state index contributed by atoms with van der Waals surface area (Å²) < 4.78 is 39.3. The number of nitrogens with two attached hydrogens (primary N) is 1. The van der Waals surface area contributed by atoms with E-state index in [0.717, 1.165) is 12.1 Å². The van der Waals surface area contributed by atoms with Gasteiger partial charge in [-0.2, -0.15) is 5.26 Å². The van der Waals surface area contributed by atoms with Gasteiger partial charge in [-0.25, -0.2) is 13.2 Å². The number of phenolic OH excluding ortho intramolecular Hbond substituents is 1. The van der Waals surface area contributed by atoms with Gasteiger partial charge in [0.05, 0.1) is 11.6 Å². The third kappa shape index (κ3) is 2.33. The van der Waals surface area contributed by atoms with Crippen LogP contribution in [0.15, 0.2) is 12.1 Å². The monoisotopic (exact) mass is 246 g/mol. The van der Waals surface area contributed by atoms with Crippen LogP contribution in [0.4, 0.5) is 13.2 Å². The van der Waals surface area contributed by atoms with Crippen LogP contribution in [-0.2, 0) is 0 Å². The quantitative estimate of drug-likeness (QED) is 0.743. The zero-order valence-electron chi connectivity index (χ0n) is 8.49. The van der Waals surface area contributed by atoms with Crippen LogP contribution >= 0.6 is 0 Å². The molecule has 0 aliphatic rings. The van der Waals surface area contributed by atoms with Crippen molar-refractivity contribution in [3.8, 4) is 11.8 Å². The first-order valence-corrected chi connectivity index (χ1v) is 4.51. The highest BCUT2D eigenvalue weighted by molar-refractivity contribution is 5.49. The highest BCUT2D eigenvalue weighted by Gasteiger charge is 2.40. The first-order valence-electron chi connectivity index (χ1n) is 4.51. The number of phenols is 1. The number of rotatable bonds is 3. The molecule has 1 atom stereocenters. The van der Waals surface area contributed by atoms with Crippen LogP contribution in [0, 0.1) is 17.1 Å². The molecule has 17 heavy (non-hydrogen) atoms. The summed E-state index contributed by atoms with van der Waals surface area (Å²) in [6.45, 7) is -1.57. The molecule has 4 nitrogen and oxygen atoms in total. The van der Waals surface area contributed by atoms with Crippen LogP contribution in [-0.4, -0.2) is 22.7 Å². The van der Waals surface area contributed by atoms with E-state index in [4.69, 9.17) is 16.1 Å². The Morgan fingerprint density at radius 3 is 2.53 bits per heavy atom. The molecule has 0 bridgehead atoms. The Morgan fingerprint density at radius 1 is 1.47 bits per heavy atom. The van der Waals surface area contributed by atoms with E-state index in [1.807, 2.05) is 0 Å². The molecule has 0 aliphatic carbocycles. The normalized spacial score (nSPS) is 13.2. The molecule has 1 aromatic carbocycles. The number of hydrogen-bond acceptors (Lipinski definition) is 4. The Bertz CT molecular complexity index is 471. The van der Waals surface area contributed by atoms with Crippen molar-refractivity contribution >= 4 is 0 Å². The zero-order valence-corrected chi connectivity index (χ0v) is 8.49. The van der Waals surface area contributed by atoms with Crippen molar-refractivity contribution in [3.63, 3.8) is 0 Å². The smallest absolute Gasteiger partial charge is 0.289 e. The Labute approximate surface area is 94.7 Å². The Balaban J connectivity index is 3.40. The molecule has 0 unspecified atom stereocenters. The van der Waals surface area contributed by atoms with Gasteiger partial charge in [-0.15, -0.1) is 0 Å². The summed E-state index contributed by atoms with van der Waals surface area (Å²) in [6.07, 6.45) is 0. The topological polar surface area (TPSA) is 90.3 Å². The summed E-state index contributed by atoms with van der Waals surface area (Å²) in [7, 11) is 0. The lowest BCUT2D eigenvalue weighted by molar-refractivity contribution is -0.0717. The SMILES string of the molecule is N#Cc1ccc(F)c(O)c1[C@H](N)C(F)(F)CO. The van der Waals surface area contributed by atoms with E-state index in [9.17, 15) is 18.3 Å². The van der Waals surface area contributed by atoms with Crippen LogP contribution in [0.25, 0.3) is 0 Å². The van der Waals surface area contributed by atoms with E-state index in [1.54, 1.807) is 0 Å². The van der Waals surface area contributed by atoms with E-state index < -0.39 is 35.7 Å². The fraction of sp³-hybridized carbons (Fsp3) is 0.300. The minimum Gasteiger partial charge on any atom is -0.505 e. The number of alkyl halides is 2. The van der Waals surface area contributed by atoms with Gasteiger partial charge in [-0.05, 0) is 12.1 Å². The van der Waals surface area contributed by atoms with Gasteiger partial charge < -0.3 is 15.9 Å². The predicted octanol–water partition coefficient (Wildman–Crippen LogP) is 1.03. The van der Waals surface area contributed by atoms with Crippen LogP contribution in [0.2, 0.25) is 0 Å². The average Bonchev–Trinajstić information content (AvgIpc) is 2.31. The van der Waals surface area contributed by atoms with Crippen molar-refractivity contribution in [2.24, 2.45) is 5.73 Å². The molecule has 0 aliphatic heterocycles. The van der Waals surface area contributed by atoms with E-state index in [2.05, 4.69) is 0 Å². The molecular formula is C10H9F3N2O2. The van der Waals surface area contributed by atoms with E-state index >= 15 is 0 Å². The lowest BCUT2D eigenvalue weighted by Crippen LogP contribution is -2.36. The van der Waals surface area contributed by atoms with E-state index in [1.165, 1.54) is 6.07 Å². The number of aromatic hydroxyl groups is 1. The fourth-order valence-electron chi connectivity index (χ4n) is 1.30. The van der Waals surface area contributed by atoms with Gasteiger partial charge in [0.15, 0.2) is 11.6 Å². The molecule has 0 fully saturated rings. The number of nitrogens with zero attached hydrogens (tertiary/aromatic N) is 1. The van der Waals surface area contributed by atoms with Crippen LogP contribution in [0.1, 0.15) is 17.2 Å². The van der Waals surface area contributed by atoms with Gasteiger partial charge in [0.1, 0.15) is 12.6 Å². The average molecular weight is 246 g/mol. The van der Waals surface area contributed by atoms with Crippen molar-refractivity contribution in [2.75, 3.05) is 6.61 Å². The molecule has 0 saturated carbocycles. The first kappa shape index (κ1) is 13.3. The van der Waals surface area contributed by atoms with Gasteiger partial charge in [0.25, 0.3) is 5.92 Å². The van der Waals surface area contributed by atoms with Gasteiger partial charge >= 0.3 is 0 Å². The molecule has 7 heteroatoms. The Kier molecular flexibility index (Phi) is 3.60. The standard InChI is InChI=1S/C10H9F3N2O2/c11-6-2-1-5(3-14)7(8(6)17)9(15)10(12,13)4-16/h1-2,9,16-17H,4,15H2/t9-/m0/s1. The highest BCUT2D eigenvalue weighted by atomic mass is 19.3. The van der Waals surface area contributed by atoms with Gasteiger partial charge in [0, 0.05) is 5.56 Å². The molecule has 4 N–H and O–H groups in total. The van der Waals surface area contributed by atoms with Crippen molar-refractivity contribution in [1.82, 2.24) is 0 Å². The number of nitriles is 1. The highest BCUT2D eigenvalue weighted by Crippen LogP contribution is 2.37. The number of halogens is 3. The predicted molar refractivity (Wildman–Crippen MR) is 51.7 cm³/mol. The summed E-state index contributed by atoms with van der Waals surface area (Å²) in [6, 6.07) is 1.04. The maximum absolute atomic E-state index is 13.1. The van der Waals surface area contributed by atoms with E-state index in [0.29, 0.717) is 0 Å². The van der Waals surface area contributed by atoms with Gasteiger partial charge in [0.2, 0.25) is 0 Å². The molecule has 1 aromatic rings. The lowest BCUT2D eigenvalue weighted by Gasteiger charge is -2.23. The van der Waals surface area contributed by atoms with Crippen molar-refractivity contribution in [2.45, 2.75) is 12.0 Å². The van der Waals surface area contributed by atoms with Crippen LogP contribution < -0.4 is 5.73 Å². The number of aliphatic hydroxyl groups is 1. The molecule has 0 saturated heterocycles. The summed E-state index contributed by atoms with van der Waals surface area (Å²) >= 11 is 0. The fourth-order valence-corrected chi connectivity index (χ4v) is 1.30. The minimum absolute atomic E-state index is 0.371. The maximum atomic E-state index is 13.1. The number of benzene rings is 1. The summed E-state index contributed by atoms with van der Waals surface area (Å²) in [5.41, 5.74) is 4.05. The summed E-state index contributed by atoms with van der Waals surface area (Å²) in [5, 5.41) is 26.5. The number of hydrogen-bond donors (Lipinski definition) is 3. The largest absolute Gasteiger partial charge is 0.505 e. The van der Waals surface area contributed by atoms with Crippen molar-refractivity contribution < 1.29 is 23.4 Å². The third-order valence-corrected chi connectivity index (χ3v) is 2.27. The molecule has 0 radical (unpaired) electrons. The second-order valence-corrected chi connectivity index (χ2v) is 3.37. The Morgan fingerprint density at radius 2 is 2.06 bits per heavy atom. The number of aliphatic hydroxyl groups excluding tert-OH is 1. The summed E-state index contributed by atoms with van der Waals surface area (Å²) in [4.78, 5) is 0. The second-order valence-electron chi connectivity index (χ2n) is 3.37. The molecule has 0 spiro atoms. The van der Waals surface area contributed by atoms with Crippen molar-refractivity contribution in [3.05, 3.63) is 29.1 Å². The van der Waals surface area contributed by atoms with Gasteiger partial charge in [-0.3, -0.25) is 0 Å². The maximum Gasteiger partial charge on any atom is 0.289 e. The Hall–Kier alpha value is -1.78. The molecule has 0 amide bonds. The lowest BCUT2D eigenvalue weighted by atomic mass is 9.95. The molecular weight excluding hydrogens is 237 g/mol. The third-order valence-electron chi connectivity index (χ3n) is 2.27. The molecule has 0 heterocycles. The minimum atomic E-state index is -3.77. The second kappa shape index (κ2) is 4.61. The van der Waals surface area contributed by atoms with Crippen LogP contribution in [0.5, 0.6) is 5.75 Å². The van der Waals surface area contributed by atoms with Gasteiger partial charge in [-0.1, -0.05) is 0 Å². The zero-order chi connectivity index (χ0) is 13.2. The first-order chi connectivity index (χ1) is 7.85.